The van der Waals surface area contributed by atoms with Gasteiger partial charge < -0.3 is 10.2 Å². The molecule has 0 amide bonds. The minimum atomic E-state index is 0.612. The predicted octanol–water partition coefficient (Wildman–Crippen LogP) is 2.48. The Morgan fingerprint density at radius 1 is 1.47 bits per heavy atom. The van der Waals surface area contributed by atoms with Gasteiger partial charge in [0.15, 0.2) is 5.13 Å². The predicted molar refractivity (Wildman–Crippen MR) is 73.9 cm³/mol. The van der Waals surface area contributed by atoms with Crippen LogP contribution in [0.25, 0.3) is 10.2 Å². The summed E-state index contributed by atoms with van der Waals surface area (Å²) >= 11 is 1.80. The zero-order valence-corrected chi connectivity index (χ0v) is 10.8. The maximum absolute atomic E-state index is 4.75. The van der Waals surface area contributed by atoms with Gasteiger partial charge in [0.25, 0.3) is 0 Å². The summed E-state index contributed by atoms with van der Waals surface area (Å²) < 4.78 is 1.28. The van der Waals surface area contributed by atoms with Gasteiger partial charge in [0.1, 0.15) is 0 Å². The zero-order chi connectivity index (χ0) is 11.7. The summed E-state index contributed by atoms with van der Waals surface area (Å²) in [4.78, 5) is 7.18. The number of aromatic nitrogens is 1. The quantitative estimate of drug-likeness (QED) is 0.903. The van der Waals surface area contributed by atoms with Crippen molar-refractivity contribution < 1.29 is 0 Å². The van der Waals surface area contributed by atoms with E-state index in [4.69, 9.17) is 4.98 Å². The Bertz CT molecular complexity index is 469. The lowest BCUT2D eigenvalue weighted by molar-refractivity contribution is 0.647. The molecule has 0 saturated carbocycles. The Morgan fingerprint density at radius 3 is 3.06 bits per heavy atom. The van der Waals surface area contributed by atoms with Crippen LogP contribution in [0.15, 0.2) is 24.3 Å². The van der Waals surface area contributed by atoms with Gasteiger partial charge in [-0.1, -0.05) is 23.5 Å². The summed E-state index contributed by atoms with van der Waals surface area (Å²) in [7, 11) is 0. The molecule has 1 aromatic carbocycles. The number of likely N-dealkylation sites (N-methyl/N-ethyl adjacent to an activating group) is 1. The Labute approximate surface area is 105 Å². The SMILES string of the molecule is CCN(c1nc2ccccc2s1)C1CCNC1. The summed E-state index contributed by atoms with van der Waals surface area (Å²) in [5.41, 5.74) is 1.12. The van der Waals surface area contributed by atoms with Gasteiger partial charge in [-0.05, 0) is 32.0 Å². The number of fused-ring (bicyclic) bond motifs is 1. The number of nitrogens with one attached hydrogen (secondary N) is 1. The van der Waals surface area contributed by atoms with Gasteiger partial charge >= 0.3 is 0 Å². The summed E-state index contributed by atoms with van der Waals surface area (Å²) in [6.07, 6.45) is 1.23. The third kappa shape index (κ3) is 2.03. The van der Waals surface area contributed by atoms with Crippen LogP contribution in [0.1, 0.15) is 13.3 Å². The molecule has 2 aromatic rings. The molecule has 1 aliphatic rings. The number of anilines is 1. The van der Waals surface area contributed by atoms with Crippen molar-refractivity contribution in [1.82, 2.24) is 10.3 Å². The Balaban J connectivity index is 1.94. The van der Waals surface area contributed by atoms with Crippen LogP contribution < -0.4 is 10.2 Å². The first-order valence-electron chi connectivity index (χ1n) is 6.21. The highest BCUT2D eigenvalue weighted by Crippen LogP contribution is 2.30. The summed E-state index contributed by atoms with van der Waals surface area (Å²) in [6, 6.07) is 8.99. The van der Waals surface area contributed by atoms with Gasteiger partial charge in [0, 0.05) is 19.1 Å². The van der Waals surface area contributed by atoms with Crippen LogP contribution in [0, 0.1) is 0 Å². The summed E-state index contributed by atoms with van der Waals surface area (Å²) in [5, 5.41) is 4.59. The van der Waals surface area contributed by atoms with Crippen molar-refractivity contribution in [2.75, 3.05) is 24.5 Å². The van der Waals surface area contributed by atoms with Crippen molar-refractivity contribution in [3.05, 3.63) is 24.3 Å². The molecular formula is C13H17N3S. The van der Waals surface area contributed by atoms with Crippen LogP contribution in [0.2, 0.25) is 0 Å². The van der Waals surface area contributed by atoms with Crippen LogP contribution in [-0.2, 0) is 0 Å². The first-order chi connectivity index (χ1) is 8.38. The number of hydrogen-bond acceptors (Lipinski definition) is 4. The molecule has 1 unspecified atom stereocenters. The first kappa shape index (κ1) is 11.0. The van der Waals surface area contributed by atoms with E-state index in [-0.39, 0.29) is 0 Å². The molecule has 90 valence electrons. The van der Waals surface area contributed by atoms with Gasteiger partial charge in [-0.25, -0.2) is 4.98 Å². The first-order valence-corrected chi connectivity index (χ1v) is 7.03. The number of rotatable bonds is 3. The van der Waals surface area contributed by atoms with E-state index in [9.17, 15) is 0 Å². The third-order valence-corrected chi connectivity index (χ3v) is 4.42. The highest BCUT2D eigenvalue weighted by atomic mass is 32.1. The molecule has 1 fully saturated rings. The van der Waals surface area contributed by atoms with E-state index in [0.717, 1.165) is 25.2 Å². The smallest absolute Gasteiger partial charge is 0.186 e. The molecule has 0 bridgehead atoms. The normalized spacial score (nSPS) is 19.9. The van der Waals surface area contributed by atoms with Crippen LogP contribution in [0.5, 0.6) is 0 Å². The van der Waals surface area contributed by atoms with Gasteiger partial charge in [0.2, 0.25) is 0 Å². The van der Waals surface area contributed by atoms with Crippen molar-refractivity contribution in [3.63, 3.8) is 0 Å². The average molecular weight is 247 g/mol. The molecule has 3 rings (SSSR count). The number of benzene rings is 1. The summed E-state index contributed by atoms with van der Waals surface area (Å²) in [6.45, 7) is 5.46. The van der Waals surface area contributed by atoms with Crippen molar-refractivity contribution in [2.24, 2.45) is 0 Å². The van der Waals surface area contributed by atoms with E-state index in [1.807, 2.05) is 0 Å². The van der Waals surface area contributed by atoms with Crippen LogP contribution in [0.3, 0.4) is 0 Å². The molecule has 1 aromatic heterocycles. The van der Waals surface area contributed by atoms with Crippen molar-refractivity contribution in [2.45, 2.75) is 19.4 Å². The standard InChI is InChI=1S/C13H17N3S/c1-2-16(10-7-8-14-9-10)13-15-11-5-3-4-6-12(11)17-13/h3-6,10,14H,2,7-9H2,1H3. The maximum atomic E-state index is 4.75. The van der Waals surface area contributed by atoms with Crippen molar-refractivity contribution in [3.8, 4) is 0 Å². The number of hydrogen-bond donors (Lipinski definition) is 1. The topological polar surface area (TPSA) is 28.2 Å². The van der Waals surface area contributed by atoms with Crippen molar-refractivity contribution in [1.29, 1.82) is 0 Å². The number of nitrogens with zero attached hydrogens (tertiary/aromatic N) is 2. The highest BCUT2D eigenvalue weighted by Gasteiger charge is 2.23. The highest BCUT2D eigenvalue weighted by molar-refractivity contribution is 7.22. The molecule has 1 saturated heterocycles. The fourth-order valence-corrected chi connectivity index (χ4v) is 3.54. The monoisotopic (exact) mass is 247 g/mol. The van der Waals surface area contributed by atoms with Gasteiger partial charge in [-0.3, -0.25) is 0 Å². The molecule has 1 aliphatic heterocycles. The fraction of sp³-hybridized carbons (Fsp3) is 0.462. The van der Waals surface area contributed by atoms with E-state index >= 15 is 0 Å². The van der Waals surface area contributed by atoms with Gasteiger partial charge in [-0.15, -0.1) is 0 Å². The molecule has 1 atom stereocenters. The maximum Gasteiger partial charge on any atom is 0.186 e. The minimum Gasteiger partial charge on any atom is -0.344 e. The van der Waals surface area contributed by atoms with E-state index in [0.29, 0.717) is 6.04 Å². The number of thiazole rings is 1. The van der Waals surface area contributed by atoms with Gasteiger partial charge in [0.05, 0.1) is 10.2 Å². The lowest BCUT2D eigenvalue weighted by atomic mass is 10.2. The molecule has 0 aliphatic carbocycles. The molecule has 17 heavy (non-hydrogen) atoms. The Kier molecular flexibility index (Phi) is 2.99. The van der Waals surface area contributed by atoms with Crippen LogP contribution >= 0.6 is 11.3 Å². The second-order valence-electron chi connectivity index (χ2n) is 4.40. The Hall–Kier alpha value is -1.13. The van der Waals surface area contributed by atoms with E-state index in [2.05, 4.69) is 41.4 Å². The minimum absolute atomic E-state index is 0.612. The molecule has 0 radical (unpaired) electrons. The molecule has 3 nitrogen and oxygen atoms in total. The summed E-state index contributed by atoms with van der Waals surface area (Å²) in [5.74, 6) is 0. The van der Waals surface area contributed by atoms with Crippen LogP contribution in [-0.4, -0.2) is 30.7 Å². The molecule has 4 heteroatoms. The lowest BCUT2D eigenvalue weighted by Crippen LogP contribution is -2.36. The van der Waals surface area contributed by atoms with Crippen molar-refractivity contribution >= 4 is 26.7 Å². The average Bonchev–Trinajstić information content (AvgIpc) is 2.98. The Morgan fingerprint density at radius 2 is 2.35 bits per heavy atom. The van der Waals surface area contributed by atoms with Gasteiger partial charge in [-0.2, -0.15) is 0 Å². The number of para-hydroxylation sites is 1. The van der Waals surface area contributed by atoms with E-state index < -0.39 is 0 Å². The van der Waals surface area contributed by atoms with E-state index in [1.165, 1.54) is 16.3 Å². The molecule has 2 heterocycles. The molecule has 1 N–H and O–H groups in total. The second-order valence-corrected chi connectivity index (χ2v) is 5.41. The third-order valence-electron chi connectivity index (χ3n) is 3.34. The zero-order valence-electron chi connectivity index (χ0n) is 10.0. The largest absolute Gasteiger partial charge is 0.344 e. The lowest BCUT2D eigenvalue weighted by Gasteiger charge is -2.26. The molecular weight excluding hydrogens is 230 g/mol. The second kappa shape index (κ2) is 4.63. The molecule has 0 spiro atoms. The van der Waals surface area contributed by atoms with Crippen LogP contribution in [0.4, 0.5) is 5.13 Å². The van der Waals surface area contributed by atoms with E-state index in [1.54, 1.807) is 11.3 Å². The fourth-order valence-electron chi connectivity index (χ4n) is 2.44.